The zero-order valence-corrected chi connectivity index (χ0v) is 9.79. The van der Waals surface area contributed by atoms with E-state index in [1.165, 1.54) is 25.7 Å². The minimum Gasteiger partial charge on any atom is -0.147 e. The molecule has 0 nitrogen and oxygen atoms in total. The number of halogens is 1. The van der Waals surface area contributed by atoms with E-state index in [4.69, 9.17) is 0 Å². The van der Waals surface area contributed by atoms with E-state index in [-0.39, 0.29) is 12.4 Å². The minimum atomic E-state index is 0. The molecule has 0 aromatic rings. The first-order valence-corrected chi connectivity index (χ1v) is 4.82. The monoisotopic (exact) mass is 194 g/mol. The Bertz CT molecular complexity index is 114. The third-order valence-corrected chi connectivity index (χ3v) is 4.36. The van der Waals surface area contributed by atoms with Gasteiger partial charge in [0.25, 0.3) is 0 Å². The summed E-state index contributed by atoms with van der Waals surface area (Å²) in [4.78, 5) is 0. The molecule has 1 fully saturated rings. The van der Waals surface area contributed by atoms with Crippen LogP contribution in [0, 0.1) is 5.41 Å². The summed E-state index contributed by atoms with van der Waals surface area (Å²) in [5.41, 5.74) is 0.538. The third kappa shape index (κ3) is 2.33. The maximum Gasteiger partial charge on any atom is -0.0127 e. The molecule has 0 heterocycles. The van der Waals surface area contributed by atoms with Gasteiger partial charge in [0.15, 0.2) is 0 Å². The molecule has 0 bridgehead atoms. The van der Waals surface area contributed by atoms with Crippen molar-refractivity contribution in [2.75, 3.05) is 0 Å². The first kappa shape index (κ1) is 11.7. The molecule has 0 N–H and O–H groups in total. The lowest BCUT2D eigenvalue weighted by Crippen LogP contribution is -2.38. The molecule has 0 aromatic carbocycles. The highest BCUT2D eigenvalue weighted by atomic mass is 35.5. The summed E-state index contributed by atoms with van der Waals surface area (Å²) in [5, 5.41) is 0.491. The van der Waals surface area contributed by atoms with Gasteiger partial charge in [-0.25, -0.2) is 0 Å². The van der Waals surface area contributed by atoms with Crippen molar-refractivity contribution in [1.82, 2.24) is 0 Å². The van der Waals surface area contributed by atoms with Crippen molar-refractivity contribution in [3.05, 3.63) is 0 Å². The molecule has 0 aliphatic heterocycles. The highest BCUT2D eigenvalue weighted by Crippen LogP contribution is 2.48. The van der Waals surface area contributed by atoms with Crippen LogP contribution in [0.5, 0.6) is 0 Å². The van der Waals surface area contributed by atoms with Crippen molar-refractivity contribution < 1.29 is 0 Å². The molecule has 1 aliphatic carbocycles. The predicted octanol–water partition coefficient (Wildman–Crippen LogP) is 3.64. The smallest absolute Gasteiger partial charge is 0.0127 e. The molecule has 2 heteroatoms. The van der Waals surface area contributed by atoms with Crippen LogP contribution in [0.25, 0.3) is 0 Å². The molecule has 1 rings (SSSR count). The lowest BCUT2D eigenvalue weighted by molar-refractivity contribution is 0.184. The molecule has 0 aromatic heterocycles. The van der Waals surface area contributed by atoms with E-state index in [0.717, 1.165) is 0 Å². The molecule has 0 saturated heterocycles. The zero-order chi connectivity index (χ0) is 7.83. The van der Waals surface area contributed by atoms with E-state index >= 15 is 0 Å². The normalized spacial score (nSPS) is 36.0. The molecular formula is C9H20ClP. The Kier molecular flexibility index (Phi) is 3.86. The Morgan fingerprint density at radius 1 is 1.00 bits per heavy atom. The van der Waals surface area contributed by atoms with Gasteiger partial charge in [-0.15, -0.1) is 21.6 Å². The van der Waals surface area contributed by atoms with Crippen LogP contribution in [0.3, 0.4) is 0 Å². The SMILES string of the molecule is CC1(C)CCCCC1(C)P.Cl. The summed E-state index contributed by atoms with van der Waals surface area (Å²) in [6, 6.07) is 0. The van der Waals surface area contributed by atoms with Crippen LogP contribution in [0.2, 0.25) is 0 Å². The molecule has 1 saturated carbocycles. The Labute approximate surface area is 79.1 Å². The molecule has 2 unspecified atom stereocenters. The first-order valence-electron chi connectivity index (χ1n) is 4.25. The van der Waals surface area contributed by atoms with Gasteiger partial charge in [-0.05, 0) is 23.4 Å². The Morgan fingerprint density at radius 2 is 1.45 bits per heavy atom. The molecule has 0 spiro atoms. The lowest BCUT2D eigenvalue weighted by Gasteiger charge is -2.45. The van der Waals surface area contributed by atoms with E-state index < -0.39 is 0 Å². The van der Waals surface area contributed by atoms with Crippen LogP contribution in [-0.4, -0.2) is 5.16 Å². The average molecular weight is 195 g/mol. The van der Waals surface area contributed by atoms with Crippen LogP contribution in [0.1, 0.15) is 46.5 Å². The number of rotatable bonds is 0. The molecule has 1 aliphatic rings. The second-order valence-corrected chi connectivity index (χ2v) is 5.78. The topological polar surface area (TPSA) is 0 Å². The standard InChI is InChI=1S/C9H19P.ClH/c1-8(2)6-4-5-7-9(8,3)10;/h4-7,10H2,1-3H3;1H. The van der Waals surface area contributed by atoms with Crippen molar-refractivity contribution in [1.29, 1.82) is 0 Å². The fourth-order valence-electron chi connectivity index (χ4n) is 1.68. The van der Waals surface area contributed by atoms with E-state index in [0.29, 0.717) is 10.6 Å². The van der Waals surface area contributed by atoms with Gasteiger partial charge < -0.3 is 0 Å². The van der Waals surface area contributed by atoms with Gasteiger partial charge in [-0.3, -0.25) is 0 Å². The van der Waals surface area contributed by atoms with Crippen LogP contribution in [-0.2, 0) is 0 Å². The van der Waals surface area contributed by atoms with E-state index in [1.807, 2.05) is 0 Å². The van der Waals surface area contributed by atoms with E-state index in [1.54, 1.807) is 0 Å². The van der Waals surface area contributed by atoms with Crippen molar-refractivity contribution in [3.63, 3.8) is 0 Å². The quantitative estimate of drug-likeness (QED) is 0.517. The van der Waals surface area contributed by atoms with Gasteiger partial charge >= 0.3 is 0 Å². The zero-order valence-electron chi connectivity index (χ0n) is 7.81. The Morgan fingerprint density at radius 3 is 1.73 bits per heavy atom. The highest BCUT2D eigenvalue weighted by molar-refractivity contribution is 7.19. The largest absolute Gasteiger partial charge is 0.147 e. The van der Waals surface area contributed by atoms with Crippen LogP contribution >= 0.6 is 21.6 Å². The summed E-state index contributed by atoms with van der Waals surface area (Å²) in [7, 11) is 3.03. The van der Waals surface area contributed by atoms with Gasteiger partial charge in [0.2, 0.25) is 0 Å². The van der Waals surface area contributed by atoms with Crippen LogP contribution < -0.4 is 0 Å². The number of hydrogen-bond acceptors (Lipinski definition) is 0. The Balaban J connectivity index is 0.000001000. The van der Waals surface area contributed by atoms with Crippen molar-refractivity contribution in [2.45, 2.75) is 51.6 Å². The van der Waals surface area contributed by atoms with Gasteiger partial charge in [-0.2, -0.15) is 0 Å². The number of hydrogen-bond donors (Lipinski definition) is 0. The van der Waals surface area contributed by atoms with Crippen molar-refractivity contribution in [3.8, 4) is 0 Å². The summed E-state index contributed by atoms with van der Waals surface area (Å²) in [5.74, 6) is 0. The summed E-state index contributed by atoms with van der Waals surface area (Å²) in [6.45, 7) is 7.15. The van der Waals surface area contributed by atoms with Crippen LogP contribution in [0.15, 0.2) is 0 Å². The summed E-state index contributed by atoms with van der Waals surface area (Å²) < 4.78 is 0. The molecular weight excluding hydrogens is 175 g/mol. The first-order chi connectivity index (χ1) is 4.46. The Hall–Kier alpha value is 0.720. The van der Waals surface area contributed by atoms with Gasteiger partial charge in [0.05, 0.1) is 0 Å². The van der Waals surface area contributed by atoms with Crippen molar-refractivity contribution >= 4 is 21.6 Å². The lowest BCUT2D eigenvalue weighted by atomic mass is 9.69. The predicted molar refractivity (Wildman–Crippen MR) is 57.6 cm³/mol. The van der Waals surface area contributed by atoms with E-state index in [2.05, 4.69) is 30.0 Å². The fourth-order valence-corrected chi connectivity index (χ4v) is 2.03. The summed E-state index contributed by atoms with van der Waals surface area (Å²) in [6.07, 6.45) is 5.62. The van der Waals surface area contributed by atoms with Gasteiger partial charge in [0.1, 0.15) is 0 Å². The summed E-state index contributed by atoms with van der Waals surface area (Å²) >= 11 is 0. The minimum absolute atomic E-state index is 0. The molecule has 0 radical (unpaired) electrons. The highest BCUT2D eigenvalue weighted by Gasteiger charge is 2.38. The second-order valence-electron chi connectivity index (χ2n) is 4.51. The molecule has 0 amide bonds. The van der Waals surface area contributed by atoms with E-state index in [9.17, 15) is 0 Å². The van der Waals surface area contributed by atoms with Crippen molar-refractivity contribution in [2.24, 2.45) is 5.41 Å². The molecule has 2 atom stereocenters. The van der Waals surface area contributed by atoms with Gasteiger partial charge in [0, 0.05) is 0 Å². The second kappa shape index (κ2) is 3.62. The maximum atomic E-state index is 3.03. The van der Waals surface area contributed by atoms with Crippen LogP contribution in [0.4, 0.5) is 0 Å². The van der Waals surface area contributed by atoms with Gasteiger partial charge in [-0.1, -0.05) is 33.6 Å². The third-order valence-electron chi connectivity index (χ3n) is 3.29. The average Bonchev–Trinajstić information content (AvgIpc) is 1.77. The molecule has 11 heavy (non-hydrogen) atoms. The maximum absolute atomic E-state index is 3.03. The molecule has 68 valence electrons. The fraction of sp³-hybridized carbons (Fsp3) is 1.00.